The number of nitrogens with one attached hydrogen (secondary N) is 1. The minimum Gasteiger partial charge on any atom is -0.376 e. The molecule has 1 aromatic heterocycles. The Balaban J connectivity index is 1.59. The molecular weight excluding hydrogens is 335 g/mol. The summed E-state index contributed by atoms with van der Waals surface area (Å²) in [4.78, 5) is 0. The van der Waals surface area contributed by atoms with Gasteiger partial charge in [0.15, 0.2) is 5.03 Å². The lowest BCUT2D eigenvalue weighted by molar-refractivity contribution is -0.335. The van der Waals surface area contributed by atoms with E-state index < -0.39 is 27.2 Å². The van der Waals surface area contributed by atoms with Crippen molar-refractivity contribution in [1.29, 1.82) is 0 Å². The predicted octanol–water partition coefficient (Wildman–Crippen LogP) is 1.26. The highest BCUT2D eigenvalue weighted by molar-refractivity contribution is 7.89. The number of halogens is 3. The van der Waals surface area contributed by atoms with E-state index in [-0.39, 0.29) is 30.9 Å². The van der Waals surface area contributed by atoms with Crippen LogP contribution >= 0.6 is 0 Å². The van der Waals surface area contributed by atoms with Gasteiger partial charge in [-0.2, -0.15) is 18.3 Å². The fraction of sp³-hybridized carbons (Fsp3) is 0.769. The standard InChI is InChI=1S/C13H16F3N3O3S/c1-19-10(8-4-22-3-2-9(8)17-19)23(20,21)18-12-5-11(6-12,7-12)13(14,15)16/h18H,2-7H2,1H3. The summed E-state index contributed by atoms with van der Waals surface area (Å²) in [5.41, 5.74) is -1.47. The van der Waals surface area contributed by atoms with Crippen molar-refractivity contribution in [1.82, 2.24) is 14.5 Å². The van der Waals surface area contributed by atoms with Gasteiger partial charge in [-0.05, 0) is 19.3 Å². The molecule has 0 amide bonds. The normalized spacial score (nSPS) is 32.9. The number of hydrogen-bond acceptors (Lipinski definition) is 4. The van der Waals surface area contributed by atoms with E-state index in [0.717, 1.165) is 0 Å². The summed E-state index contributed by atoms with van der Waals surface area (Å²) in [6, 6.07) is 0. The van der Waals surface area contributed by atoms with Crippen molar-refractivity contribution in [2.45, 2.75) is 49.0 Å². The van der Waals surface area contributed by atoms with E-state index in [2.05, 4.69) is 9.82 Å². The average molecular weight is 351 g/mol. The van der Waals surface area contributed by atoms with Crippen LogP contribution in [-0.2, 0) is 34.8 Å². The largest absolute Gasteiger partial charge is 0.394 e. The second-order valence-corrected chi connectivity index (χ2v) is 8.45. The monoisotopic (exact) mass is 351 g/mol. The van der Waals surface area contributed by atoms with Crippen molar-refractivity contribution >= 4 is 10.0 Å². The van der Waals surface area contributed by atoms with E-state index in [1.165, 1.54) is 11.7 Å². The van der Waals surface area contributed by atoms with Crippen molar-refractivity contribution in [3.63, 3.8) is 0 Å². The number of aryl methyl sites for hydroxylation is 1. The number of aromatic nitrogens is 2. The minimum atomic E-state index is -4.26. The first-order valence-electron chi connectivity index (χ1n) is 7.31. The van der Waals surface area contributed by atoms with Gasteiger partial charge in [0.1, 0.15) is 0 Å². The predicted molar refractivity (Wildman–Crippen MR) is 72.0 cm³/mol. The lowest BCUT2D eigenvalue weighted by Crippen LogP contribution is -2.78. The quantitative estimate of drug-likeness (QED) is 0.890. The number of fused-ring (bicyclic) bond motifs is 1. The summed E-state index contributed by atoms with van der Waals surface area (Å²) in [6.07, 6.45) is -4.28. The molecule has 2 heterocycles. The van der Waals surface area contributed by atoms with E-state index in [1.54, 1.807) is 0 Å². The van der Waals surface area contributed by atoms with Crippen LogP contribution < -0.4 is 4.72 Å². The van der Waals surface area contributed by atoms with Crippen LogP contribution in [0, 0.1) is 5.41 Å². The van der Waals surface area contributed by atoms with Gasteiger partial charge in [-0.1, -0.05) is 0 Å². The number of hydrogen-bond donors (Lipinski definition) is 1. The van der Waals surface area contributed by atoms with Crippen LogP contribution in [0.4, 0.5) is 13.2 Å². The minimum absolute atomic E-state index is 0.00187. The topological polar surface area (TPSA) is 73.2 Å². The van der Waals surface area contributed by atoms with Gasteiger partial charge in [0.05, 0.1) is 24.3 Å². The summed E-state index contributed by atoms with van der Waals surface area (Å²) in [5.74, 6) is 0. The molecule has 23 heavy (non-hydrogen) atoms. The smallest absolute Gasteiger partial charge is 0.376 e. The number of ether oxygens (including phenoxy) is 1. The first-order valence-corrected chi connectivity index (χ1v) is 8.79. The van der Waals surface area contributed by atoms with Crippen molar-refractivity contribution < 1.29 is 26.3 Å². The fourth-order valence-corrected chi connectivity index (χ4v) is 5.93. The molecule has 0 saturated heterocycles. The van der Waals surface area contributed by atoms with Crippen molar-refractivity contribution in [3.8, 4) is 0 Å². The van der Waals surface area contributed by atoms with Gasteiger partial charge in [0.25, 0.3) is 10.0 Å². The Hall–Kier alpha value is -1.13. The molecule has 1 aliphatic heterocycles. The molecule has 3 aliphatic carbocycles. The molecule has 128 valence electrons. The van der Waals surface area contributed by atoms with Gasteiger partial charge < -0.3 is 4.74 Å². The molecule has 0 aromatic carbocycles. The van der Waals surface area contributed by atoms with E-state index in [0.29, 0.717) is 24.3 Å². The molecular formula is C13H16F3N3O3S. The first-order chi connectivity index (χ1) is 10.6. The van der Waals surface area contributed by atoms with Gasteiger partial charge in [0.2, 0.25) is 0 Å². The molecule has 0 atom stereocenters. The maximum atomic E-state index is 12.9. The third-order valence-corrected chi connectivity index (χ3v) is 6.86. The highest BCUT2D eigenvalue weighted by Crippen LogP contribution is 2.73. The van der Waals surface area contributed by atoms with Gasteiger partial charge in [0, 0.05) is 24.6 Å². The summed E-state index contributed by atoms with van der Waals surface area (Å²) in [5, 5.41) is 4.19. The molecule has 2 bridgehead atoms. The maximum absolute atomic E-state index is 12.9. The molecule has 6 nitrogen and oxygen atoms in total. The van der Waals surface area contributed by atoms with Crippen LogP contribution in [0.1, 0.15) is 30.5 Å². The Morgan fingerprint density at radius 1 is 1.30 bits per heavy atom. The van der Waals surface area contributed by atoms with Gasteiger partial charge >= 0.3 is 6.18 Å². The van der Waals surface area contributed by atoms with Gasteiger partial charge in [-0.3, -0.25) is 4.68 Å². The molecule has 10 heteroatoms. The zero-order valence-electron chi connectivity index (χ0n) is 12.4. The van der Waals surface area contributed by atoms with Crippen molar-refractivity contribution in [3.05, 3.63) is 11.3 Å². The van der Waals surface area contributed by atoms with Gasteiger partial charge in [-0.15, -0.1) is 0 Å². The molecule has 0 spiro atoms. The van der Waals surface area contributed by atoms with Crippen LogP contribution in [0.3, 0.4) is 0 Å². The van der Waals surface area contributed by atoms with Gasteiger partial charge in [-0.25, -0.2) is 13.1 Å². The molecule has 0 unspecified atom stereocenters. The van der Waals surface area contributed by atoms with E-state index in [9.17, 15) is 21.6 Å². The Labute approximate surface area is 131 Å². The summed E-state index contributed by atoms with van der Waals surface area (Å²) in [7, 11) is -2.42. The first kappa shape index (κ1) is 15.4. The van der Waals surface area contributed by atoms with Crippen molar-refractivity contribution in [2.75, 3.05) is 6.61 Å². The second kappa shape index (κ2) is 4.28. The molecule has 0 radical (unpaired) electrons. The Morgan fingerprint density at radius 2 is 1.96 bits per heavy atom. The van der Waals surface area contributed by atoms with Crippen LogP contribution in [0.2, 0.25) is 0 Å². The second-order valence-electron chi connectivity index (χ2n) is 6.85. The summed E-state index contributed by atoms with van der Waals surface area (Å²) < 4.78 is 73.0. The molecule has 3 saturated carbocycles. The number of nitrogens with zero attached hydrogens (tertiary/aromatic N) is 2. The van der Waals surface area contributed by atoms with Crippen LogP contribution in [0.15, 0.2) is 5.03 Å². The van der Waals surface area contributed by atoms with Crippen LogP contribution in [0.25, 0.3) is 0 Å². The SMILES string of the molecule is Cn1nc2c(c1S(=O)(=O)NC13CC(C(F)(F)F)(C1)C3)COCC2. The Morgan fingerprint density at radius 3 is 2.57 bits per heavy atom. The fourth-order valence-electron chi connectivity index (χ4n) is 4.16. The van der Waals surface area contributed by atoms with Crippen LogP contribution in [0.5, 0.6) is 0 Å². The Bertz CT molecular complexity index is 765. The lowest BCUT2D eigenvalue weighted by atomic mass is 9.39. The number of alkyl halides is 3. The zero-order valence-corrected chi connectivity index (χ0v) is 13.2. The van der Waals surface area contributed by atoms with E-state index in [1.807, 2.05) is 0 Å². The highest BCUT2D eigenvalue weighted by Gasteiger charge is 2.79. The van der Waals surface area contributed by atoms with E-state index >= 15 is 0 Å². The molecule has 3 fully saturated rings. The van der Waals surface area contributed by atoms with Crippen molar-refractivity contribution in [2.24, 2.45) is 12.5 Å². The molecule has 5 rings (SSSR count). The Kier molecular flexibility index (Phi) is 2.87. The van der Waals surface area contributed by atoms with E-state index in [4.69, 9.17) is 4.74 Å². The molecule has 1 aromatic rings. The highest BCUT2D eigenvalue weighted by atomic mass is 32.2. The molecule has 4 aliphatic rings. The molecule has 1 N–H and O–H groups in total. The zero-order chi connectivity index (χ0) is 16.7. The lowest BCUT2D eigenvalue weighted by Gasteiger charge is -2.70. The number of sulfonamides is 1. The summed E-state index contributed by atoms with van der Waals surface area (Å²) in [6.45, 7) is 0.633. The third-order valence-electron chi connectivity index (χ3n) is 5.14. The third kappa shape index (κ3) is 2.01. The number of rotatable bonds is 3. The van der Waals surface area contributed by atoms with Crippen LogP contribution in [-0.4, -0.2) is 36.5 Å². The maximum Gasteiger partial charge on any atom is 0.394 e. The summed E-state index contributed by atoms with van der Waals surface area (Å²) >= 11 is 0. The average Bonchev–Trinajstić information content (AvgIpc) is 2.66.